The number of nitrogens with one attached hydrogen (secondary N) is 6. The Hall–Kier alpha value is -5.10. The van der Waals surface area contributed by atoms with Crippen molar-refractivity contribution in [1.82, 2.24) is 36.8 Å². The quantitative estimate of drug-likeness (QED) is 0.0385. The van der Waals surface area contributed by atoms with E-state index in [0.717, 1.165) is 19.3 Å². The Balaban J connectivity index is 2.03. The van der Waals surface area contributed by atoms with Crippen molar-refractivity contribution in [2.24, 2.45) is 5.92 Å². The molecule has 0 aromatic heterocycles. The molecule has 0 saturated carbocycles. The molecule has 18 nitrogen and oxygen atoms in total. The van der Waals surface area contributed by atoms with Crippen molar-refractivity contribution in [3.63, 3.8) is 0 Å². The number of carbonyl (C=O) groups excluding carboxylic acids is 8. The molecule has 9 N–H and O–H groups in total. The molecule has 1 aromatic carbocycles. The predicted octanol–water partition coefficient (Wildman–Crippen LogP) is 2.19. The highest BCUT2D eigenvalue weighted by Gasteiger charge is 2.41. The molecule has 1 aliphatic rings. The molecule has 0 spiro atoms. The molecular formula is C47H77N7O11. The summed E-state index contributed by atoms with van der Waals surface area (Å²) in [6.45, 7) is 9.69. The zero-order valence-corrected chi connectivity index (χ0v) is 39.4. The van der Waals surface area contributed by atoms with Gasteiger partial charge in [0.2, 0.25) is 41.4 Å². The van der Waals surface area contributed by atoms with Crippen LogP contribution in [-0.4, -0.2) is 129 Å². The number of rotatable bonds is 31. The van der Waals surface area contributed by atoms with Gasteiger partial charge in [-0.2, -0.15) is 0 Å². The van der Waals surface area contributed by atoms with Crippen LogP contribution in [0, 0.1) is 5.92 Å². The van der Waals surface area contributed by atoms with E-state index in [9.17, 15) is 53.7 Å². The summed E-state index contributed by atoms with van der Waals surface area (Å²) in [6, 6.07) is -1.72. The van der Waals surface area contributed by atoms with Crippen molar-refractivity contribution in [3.05, 3.63) is 29.8 Å². The molecule has 0 aliphatic carbocycles. The van der Waals surface area contributed by atoms with Gasteiger partial charge in [0.1, 0.15) is 48.3 Å². The Morgan fingerprint density at radius 1 is 0.692 bits per heavy atom. The average Bonchev–Trinajstić information content (AvgIpc) is 3.75. The van der Waals surface area contributed by atoms with Crippen LogP contribution >= 0.6 is 0 Å². The molecule has 65 heavy (non-hydrogen) atoms. The van der Waals surface area contributed by atoms with E-state index in [-0.39, 0.29) is 56.3 Å². The summed E-state index contributed by atoms with van der Waals surface area (Å²) in [5.74, 6) is -4.88. The number of hydrogen-bond donors (Lipinski definition) is 9. The molecule has 8 atom stereocenters. The SMILES string of the molecule is CCCCCCCCCCCCCC(=O)N[C@@H](CC(C)C)C(=O)N[C@H](C(=O)N1CCC[C@@H]1C(=O)N[C@H](C(=O)N[C@@H](C)C(=O)N[C@@H](Cc1ccc(O)cc1)C(=O)NCC=O)C(C)O)C(C)O. The van der Waals surface area contributed by atoms with E-state index in [2.05, 4.69) is 38.8 Å². The number of likely N-dealkylation sites (tertiary alicyclic amines) is 1. The molecule has 1 aromatic rings. The van der Waals surface area contributed by atoms with Crippen LogP contribution in [0.4, 0.5) is 0 Å². The summed E-state index contributed by atoms with van der Waals surface area (Å²) in [4.78, 5) is 106. The lowest BCUT2D eigenvalue weighted by Gasteiger charge is -2.32. The summed E-state index contributed by atoms with van der Waals surface area (Å²) in [5, 5.41) is 46.2. The molecular weight excluding hydrogens is 839 g/mol. The van der Waals surface area contributed by atoms with Crippen molar-refractivity contribution >= 4 is 47.6 Å². The third-order valence-electron chi connectivity index (χ3n) is 11.4. The first-order chi connectivity index (χ1) is 30.9. The van der Waals surface area contributed by atoms with Gasteiger partial charge in [-0.3, -0.25) is 33.6 Å². The number of aliphatic hydroxyl groups is 2. The number of unbranched alkanes of at least 4 members (excludes halogenated alkanes) is 10. The van der Waals surface area contributed by atoms with Crippen LogP contribution in [0.15, 0.2) is 24.3 Å². The van der Waals surface area contributed by atoms with Gasteiger partial charge in [0, 0.05) is 19.4 Å². The summed E-state index contributed by atoms with van der Waals surface area (Å²) < 4.78 is 0. The van der Waals surface area contributed by atoms with Gasteiger partial charge in [0.25, 0.3) is 0 Å². The number of amides is 7. The van der Waals surface area contributed by atoms with Crippen LogP contribution in [0.25, 0.3) is 0 Å². The predicted molar refractivity (Wildman–Crippen MR) is 245 cm³/mol. The highest BCUT2D eigenvalue weighted by Crippen LogP contribution is 2.21. The fourth-order valence-corrected chi connectivity index (χ4v) is 7.71. The van der Waals surface area contributed by atoms with Crippen molar-refractivity contribution in [2.75, 3.05) is 13.1 Å². The number of carbonyl (C=O) groups is 8. The molecule has 366 valence electrons. The van der Waals surface area contributed by atoms with E-state index in [0.29, 0.717) is 24.7 Å². The lowest BCUT2D eigenvalue weighted by molar-refractivity contribution is -0.145. The molecule has 1 heterocycles. The first-order valence-corrected chi connectivity index (χ1v) is 23.6. The van der Waals surface area contributed by atoms with Gasteiger partial charge in [-0.05, 0) is 70.1 Å². The number of nitrogens with zero attached hydrogens (tertiary/aromatic N) is 1. The lowest BCUT2D eigenvalue weighted by Crippen LogP contribution is -2.62. The third-order valence-corrected chi connectivity index (χ3v) is 11.4. The second kappa shape index (κ2) is 30.2. The Kier molecular flexibility index (Phi) is 26.0. The van der Waals surface area contributed by atoms with Crippen LogP contribution in [-0.2, 0) is 44.8 Å². The Labute approximate surface area is 384 Å². The number of hydrogen-bond acceptors (Lipinski definition) is 11. The normalized spacial score (nSPS) is 16.8. The van der Waals surface area contributed by atoms with E-state index >= 15 is 0 Å². The van der Waals surface area contributed by atoms with Crippen LogP contribution in [0.5, 0.6) is 5.75 Å². The van der Waals surface area contributed by atoms with Gasteiger partial charge in [-0.15, -0.1) is 0 Å². The maximum Gasteiger partial charge on any atom is 0.248 e. The minimum atomic E-state index is -1.59. The molecule has 0 bridgehead atoms. The summed E-state index contributed by atoms with van der Waals surface area (Å²) in [7, 11) is 0. The second-order valence-electron chi connectivity index (χ2n) is 17.8. The van der Waals surface area contributed by atoms with Crippen molar-refractivity contribution in [2.45, 2.75) is 193 Å². The topological polar surface area (TPSA) is 273 Å². The fraction of sp³-hybridized carbons (Fsp3) is 0.702. The number of phenols is 1. The van der Waals surface area contributed by atoms with E-state index in [1.807, 2.05) is 13.8 Å². The monoisotopic (exact) mass is 916 g/mol. The molecule has 18 heteroatoms. The van der Waals surface area contributed by atoms with Gasteiger partial charge >= 0.3 is 0 Å². The Morgan fingerprint density at radius 3 is 1.83 bits per heavy atom. The largest absolute Gasteiger partial charge is 0.508 e. The molecule has 0 radical (unpaired) electrons. The maximum absolute atomic E-state index is 14.0. The van der Waals surface area contributed by atoms with Crippen LogP contribution < -0.4 is 31.9 Å². The summed E-state index contributed by atoms with van der Waals surface area (Å²) in [5.41, 5.74) is 0.577. The van der Waals surface area contributed by atoms with Gasteiger partial charge in [0.05, 0.1) is 18.8 Å². The zero-order chi connectivity index (χ0) is 48.5. The third kappa shape index (κ3) is 20.7. The minimum Gasteiger partial charge on any atom is -0.508 e. The molecule has 1 aliphatic heterocycles. The maximum atomic E-state index is 14.0. The van der Waals surface area contributed by atoms with E-state index < -0.39 is 83.9 Å². The smallest absolute Gasteiger partial charge is 0.248 e. The average molecular weight is 916 g/mol. The molecule has 7 amide bonds. The molecule has 1 fully saturated rings. The van der Waals surface area contributed by atoms with Crippen LogP contribution in [0.2, 0.25) is 0 Å². The van der Waals surface area contributed by atoms with E-state index in [1.165, 1.54) is 82.7 Å². The fourth-order valence-electron chi connectivity index (χ4n) is 7.71. The Morgan fingerprint density at radius 2 is 1.28 bits per heavy atom. The summed E-state index contributed by atoms with van der Waals surface area (Å²) in [6.07, 6.45) is 11.2. The van der Waals surface area contributed by atoms with Crippen LogP contribution in [0.1, 0.15) is 143 Å². The van der Waals surface area contributed by atoms with Gasteiger partial charge in [0.15, 0.2) is 0 Å². The van der Waals surface area contributed by atoms with Crippen molar-refractivity contribution in [3.8, 4) is 5.75 Å². The second-order valence-corrected chi connectivity index (χ2v) is 17.8. The minimum absolute atomic E-state index is 0.00558. The van der Waals surface area contributed by atoms with Gasteiger partial charge in [-0.25, -0.2) is 0 Å². The molecule has 2 unspecified atom stereocenters. The molecule has 1 saturated heterocycles. The summed E-state index contributed by atoms with van der Waals surface area (Å²) >= 11 is 0. The first kappa shape index (κ1) is 56.0. The standard InChI is InChI=1S/C47H77N7O11/c1-7-8-9-10-11-12-13-14-15-16-17-20-39(59)50-36(28-30(2)3)44(62)53-41(33(6)57)47(65)54-26-18-19-38(54)45(63)52-40(32(5)56)46(64)49-31(4)42(60)51-37(43(61)48-25-27-55)29-34-21-23-35(58)24-22-34/h21-24,27,30-33,36-38,40-41,56-58H,7-20,25-26,28-29H2,1-6H3,(H,48,61)(H,49,64)(H,50,59)(H,51,60)(H,52,63)(H,53,62)/t31-,32?,33?,36-,37-,38+,40-,41-/m0/s1. The number of phenolic OH excluding ortho intramolecular Hbond substituents is 1. The van der Waals surface area contributed by atoms with E-state index in [1.54, 1.807) is 12.1 Å². The van der Waals surface area contributed by atoms with Crippen molar-refractivity contribution < 1.29 is 53.7 Å². The Bertz CT molecular complexity index is 1670. The number of aromatic hydroxyl groups is 1. The van der Waals surface area contributed by atoms with Gasteiger partial charge in [-0.1, -0.05) is 97.1 Å². The van der Waals surface area contributed by atoms with Crippen molar-refractivity contribution in [1.29, 1.82) is 0 Å². The highest BCUT2D eigenvalue weighted by atomic mass is 16.3. The highest BCUT2D eigenvalue weighted by molar-refractivity contribution is 5.97. The number of benzene rings is 1. The lowest BCUT2D eigenvalue weighted by atomic mass is 10.0. The van der Waals surface area contributed by atoms with Crippen LogP contribution in [0.3, 0.4) is 0 Å². The van der Waals surface area contributed by atoms with Gasteiger partial charge < -0.3 is 56.9 Å². The molecule has 2 rings (SSSR count). The van der Waals surface area contributed by atoms with E-state index in [4.69, 9.17) is 0 Å². The first-order valence-electron chi connectivity index (χ1n) is 23.6. The number of aliphatic hydroxyl groups excluding tert-OH is 2. The zero-order valence-electron chi connectivity index (χ0n) is 39.4. The number of aldehydes is 1.